The van der Waals surface area contributed by atoms with Gasteiger partial charge < -0.3 is 9.64 Å². The van der Waals surface area contributed by atoms with E-state index in [1.807, 2.05) is 48.5 Å². The lowest BCUT2D eigenvalue weighted by Gasteiger charge is -2.25. The van der Waals surface area contributed by atoms with Crippen LogP contribution < -0.4 is 9.64 Å². The Balaban J connectivity index is 1.90. The summed E-state index contributed by atoms with van der Waals surface area (Å²) >= 11 is 0. The van der Waals surface area contributed by atoms with Crippen LogP contribution >= 0.6 is 0 Å². The second kappa shape index (κ2) is 9.56. The van der Waals surface area contributed by atoms with Crippen molar-refractivity contribution in [3.63, 3.8) is 0 Å². The Kier molecular flexibility index (Phi) is 6.87. The number of para-hydroxylation sites is 1. The van der Waals surface area contributed by atoms with Gasteiger partial charge in [0.1, 0.15) is 5.75 Å². The Morgan fingerprint density at radius 1 is 0.867 bits per heavy atom. The van der Waals surface area contributed by atoms with E-state index in [1.165, 1.54) is 28.4 Å². The largest absolute Gasteiger partial charge is 0.497 e. The molecule has 0 fully saturated rings. The number of methoxy groups -OCH3 is 1. The van der Waals surface area contributed by atoms with E-state index in [0.717, 1.165) is 5.56 Å². The van der Waals surface area contributed by atoms with Crippen molar-refractivity contribution in [2.75, 3.05) is 25.6 Å². The maximum absolute atomic E-state index is 13.3. The second-order valence-electron chi connectivity index (χ2n) is 6.72. The van der Waals surface area contributed by atoms with Gasteiger partial charge in [-0.1, -0.05) is 48.5 Å². The van der Waals surface area contributed by atoms with Crippen molar-refractivity contribution in [1.82, 2.24) is 4.31 Å². The summed E-state index contributed by atoms with van der Waals surface area (Å²) in [7, 11) is -0.750. The molecule has 0 aliphatic heterocycles. The highest BCUT2D eigenvalue weighted by Crippen LogP contribution is 2.22. The lowest BCUT2D eigenvalue weighted by Crippen LogP contribution is -2.41. The molecule has 3 aromatic carbocycles. The molecule has 0 aromatic heterocycles. The summed E-state index contributed by atoms with van der Waals surface area (Å²) in [6.45, 7) is -0.196. The topological polar surface area (TPSA) is 66.9 Å². The van der Waals surface area contributed by atoms with Gasteiger partial charge in [0.15, 0.2) is 0 Å². The molecule has 3 aromatic rings. The van der Waals surface area contributed by atoms with Crippen LogP contribution in [0.15, 0.2) is 89.8 Å². The average Bonchev–Trinajstić information content (AvgIpc) is 2.79. The molecule has 0 aliphatic carbocycles. The van der Waals surface area contributed by atoms with Gasteiger partial charge in [-0.15, -0.1) is 0 Å². The van der Waals surface area contributed by atoms with E-state index in [9.17, 15) is 13.2 Å². The summed E-state index contributed by atoms with van der Waals surface area (Å²) in [5.74, 6) is 0.234. The number of hydrogen-bond donors (Lipinski definition) is 0. The van der Waals surface area contributed by atoms with Crippen molar-refractivity contribution in [1.29, 1.82) is 0 Å². The number of ether oxygens (including phenoxy) is 1. The van der Waals surface area contributed by atoms with Gasteiger partial charge in [0.25, 0.3) is 0 Å². The SMILES string of the molecule is COc1ccc(S(=O)(=O)N(CC(=O)N(C)c2ccccc2)Cc2ccccc2)cc1. The molecule has 0 atom stereocenters. The Morgan fingerprint density at radius 2 is 1.43 bits per heavy atom. The summed E-state index contributed by atoms with van der Waals surface area (Å²) in [6.07, 6.45) is 0. The highest BCUT2D eigenvalue weighted by molar-refractivity contribution is 7.89. The van der Waals surface area contributed by atoms with Crippen LogP contribution in [0.3, 0.4) is 0 Å². The van der Waals surface area contributed by atoms with Crippen molar-refractivity contribution in [3.05, 3.63) is 90.5 Å². The molecular weight excluding hydrogens is 400 g/mol. The minimum atomic E-state index is -3.90. The number of amides is 1. The van der Waals surface area contributed by atoms with Gasteiger partial charge in [-0.2, -0.15) is 4.31 Å². The smallest absolute Gasteiger partial charge is 0.243 e. The highest BCUT2D eigenvalue weighted by atomic mass is 32.2. The molecular formula is C23H24N2O4S. The van der Waals surface area contributed by atoms with Gasteiger partial charge in [-0.25, -0.2) is 8.42 Å². The number of nitrogens with zero attached hydrogens (tertiary/aromatic N) is 2. The monoisotopic (exact) mass is 424 g/mol. The zero-order valence-corrected chi connectivity index (χ0v) is 17.7. The molecule has 0 saturated carbocycles. The van der Waals surface area contributed by atoms with Crippen LogP contribution in [0.25, 0.3) is 0 Å². The Hall–Kier alpha value is -3.16. The van der Waals surface area contributed by atoms with E-state index >= 15 is 0 Å². The van der Waals surface area contributed by atoms with Gasteiger partial charge in [0, 0.05) is 19.3 Å². The zero-order valence-electron chi connectivity index (χ0n) is 16.9. The summed E-state index contributed by atoms with van der Waals surface area (Å²) in [5.41, 5.74) is 1.49. The quantitative estimate of drug-likeness (QED) is 0.555. The standard InChI is InChI=1S/C23H24N2O4S/c1-24(20-11-7-4-8-12-20)23(26)18-25(17-19-9-5-3-6-10-19)30(27,28)22-15-13-21(29-2)14-16-22/h3-16H,17-18H2,1-2H3. The van der Waals surface area contributed by atoms with Crippen LogP contribution in [0, 0.1) is 0 Å². The van der Waals surface area contributed by atoms with Crippen molar-refractivity contribution in [2.45, 2.75) is 11.4 Å². The van der Waals surface area contributed by atoms with Gasteiger partial charge in [-0.05, 0) is 42.0 Å². The summed E-state index contributed by atoms with van der Waals surface area (Å²) in [4.78, 5) is 14.5. The van der Waals surface area contributed by atoms with Gasteiger partial charge in [0.2, 0.25) is 15.9 Å². The van der Waals surface area contributed by atoms with Crippen LogP contribution in [-0.2, 0) is 21.4 Å². The van der Waals surface area contributed by atoms with Crippen LogP contribution in [0.2, 0.25) is 0 Å². The van der Waals surface area contributed by atoms with Crippen LogP contribution in [-0.4, -0.2) is 39.3 Å². The summed E-state index contributed by atoms with van der Waals surface area (Å²) < 4.78 is 33.0. The van der Waals surface area contributed by atoms with Crippen molar-refractivity contribution < 1.29 is 17.9 Å². The van der Waals surface area contributed by atoms with Crippen LogP contribution in [0.5, 0.6) is 5.75 Å². The van der Waals surface area contributed by atoms with E-state index in [1.54, 1.807) is 31.3 Å². The first-order valence-electron chi connectivity index (χ1n) is 9.41. The third kappa shape index (κ3) is 5.06. The third-order valence-electron chi connectivity index (χ3n) is 4.73. The molecule has 7 heteroatoms. The molecule has 0 spiro atoms. The van der Waals surface area contributed by atoms with Crippen molar-refractivity contribution in [3.8, 4) is 5.75 Å². The second-order valence-corrected chi connectivity index (χ2v) is 8.66. The molecule has 0 unspecified atom stereocenters. The number of benzene rings is 3. The number of sulfonamides is 1. The van der Waals surface area contributed by atoms with Gasteiger partial charge in [-0.3, -0.25) is 4.79 Å². The van der Waals surface area contributed by atoms with Crippen molar-refractivity contribution in [2.24, 2.45) is 0 Å². The van der Waals surface area contributed by atoms with E-state index in [0.29, 0.717) is 11.4 Å². The molecule has 0 saturated heterocycles. The molecule has 0 radical (unpaired) electrons. The molecule has 0 N–H and O–H groups in total. The summed E-state index contributed by atoms with van der Waals surface area (Å²) in [6, 6.07) is 24.5. The maximum Gasteiger partial charge on any atom is 0.243 e. The normalized spacial score (nSPS) is 11.3. The van der Waals surface area contributed by atoms with Crippen molar-refractivity contribution >= 4 is 21.6 Å². The van der Waals surface area contributed by atoms with Crippen LogP contribution in [0.4, 0.5) is 5.69 Å². The van der Waals surface area contributed by atoms with Crippen LogP contribution in [0.1, 0.15) is 5.56 Å². The Morgan fingerprint density at radius 3 is 2.00 bits per heavy atom. The fourth-order valence-corrected chi connectivity index (χ4v) is 4.34. The molecule has 156 valence electrons. The first-order valence-corrected chi connectivity index (χ1v) is 10.9. The summed E-state index contributed by atoms with van der Waals surface area (Å²) in [5, 5.41) is 0. The molecule has 0 heterocycles. The first-order chi connectivity index (χ1) is 14.4. The number of likely N-dealkylation sites (N-methyl/N-ethyl adjacent to an activating group) is 1. The molecule has 0 aliphatic rings. The predicted octanol–water partition coefficient (Wildman–Crippen LogP) is 3.55. The zero-order chi connectivity index (χ0) is 21.6. The minimum absolute atomic E-state index is 0.0869. The minimum Gasteiger partial charge on any atom is -0.497 e. The number of rotatable bonds is 8. The number of carbonyl (C=O) groups is 1. The van der Waals surface area contributed by atoms with E-state index < -0.39 is 10.0 Å². The molecule has 0 bridgehead atoms. The number of carbonyl (C=O) groups excluding carboxylic acids is 1. The fourth-order valence-electron chi connectivity index (χ4n) is 2.96. The van der Waals surface area contributed by atoms with E-state index in [2.05, 4.69) is 0 Å². The Bertz CT molecular complexity index is 1070. The number of hydrogen-bond acceptors (Lipinski definition) is 4. The predicted molar refractivity (Wildman–Crippen MR) is 117 cm³/mol. The Labute approximate surface area is 177 Å². The molecule has 3 rings (SSSR count). The number of anilines is 1. The third-order valence-corrected chi connectivity index (χ3v) is 6.53. The highest BCUT2D eigenvalue weighted by Gasteiger charge is 2.28. The fraction of sp³-hybridized carbons (Fsp3) is 0.174. The van der Waals surface area contributed by atoms with Gasteiger partial charge in [0.05, 0.1) is 18.6 Å². The average molecular weight is 425 g/mol. The molecule has 1 amide bonds. The lowest BCUT2D eigenvalue weighted by molar-refractivity contribution is -0.118. The maximum atomic E-state index is 13.3. The molecule has 6 nitrogen and oxygen atoms in total. The van der Waals surface area contributed by atoms with E-state index in [4.69, 9.17) is 4.74 Å². The molecule has 30 heavy (non-hydrogen) atoms. The van der Waals surface area contributed by atoms with Gasteiger partial charge >= 0.3 is 0 Å². The lowest BCUT2D eigenvalue weighted by atomic mass is 10.2. The van der Waals surface area contributed by atoms with E-state index in [-0.39, 0.29) is 23.9 Å². The first kappa shape index (κ1) is 21.5.